The topological polar surface area (TPSA) is 66.9 Å². The van der Waals surface area contributed by atoms with Crippen LogP contribution in [0.1, 0.15) is 13.8 Å². The van der Waals surface area contributed by atoms with E-state index in [1.807, 2.05) is 0 Å². The van der Waals surface area contributed by atoms with E-state index in [9.17, 15) is 17.6 Å². The van der Waals surface area contributed by atoms with Crippen LogP contribution < -0.4 is 13.3 Å². The molecule has 0 radical (unpaired) electrons. The van der Waals surface area contributed by atoms with E-state index >= 15 is 0 Å². The first-order chi connectivity index (χ1) is 12.0. The second-order valence-electron chi connectivity index (χ2n) is 6.39. The number of anilines is 3. The lowest BCUT2D eigenvalue weighted by Gasteiger charge is -2.39. The molecule has 1 aliphatic heterocycles. The number of hydrogen-bond acceptors (Lipinski definition) is 5. The van der Waals surface area contributed by atoms with Crippen molar-refractivity contribution in [2.45, 2.75) is 19.4 Å². The van der Waals surface area contributed by atoms with Gasteiger partial charge in [0, 0.05) is 11.8 Å². The number of sulfonamides is 1. The van der Waals surface area contributed by atoms with Crippen LogP contribution in [-0.2, 0) is 14.8 Å². The van der Waals surface area contributed by atoms with Crippen molar-refractivity contribution in [3.05, 3.63) is 48.3 Å². The fourth-order valence-electron chi connectivity index (χ4n) is 2.62. The lowest BCUT2D eigenvalue weighted by Crippen LogP contribution is -2.50. The van der Waals surface area contributed by atoms with Crippen LogP contribution in [0.3, 0.4) is 0 Å². The number of rotatable bonds is 3. The van der Waals surface area contributed by atoms with Crippen LogP contribution in [0.25, 0.3) is 0 Å². The van der Waals surface area contributed by atoms with Crippen LogP contribution in [0, 0.1) is 5.82 Å². The van der Waals surface area contributed by atoms with Gasteiger partial charge in [0.05, 0.1) is 17.6 Å². The summed E-state index contributed by atoms with van der Waals surface area (Å²) in [5, 5.41) is 0. The van der Waals surface area contributed by atoms with Crippen molar-refractivity contribution < 1.29 is 22.3 Å². The van der Waals surface area contributed by atoms with E-state index in [-0.39, 0.29) is 11.6 Å². The number of benzene rings is 2. The van der Waals surface area contributed by atoms with Crippen LogP contribution in [0.2, 0.25) is 0 Å². The van der Waals surface area contributed by atoms with Gasteiger partial charge in [0.1, 0.15) is 11.6 Å². The van der Waals surface area contributed by atoms with Crippen LogP contribution in [-0.4, -0.2) is 26.2 Å². The van der Waals surface area contributed by atoms with Gasteiger partial charge in [-0.25, -0.2) is 16.5 Å². The maximum absolute atomic E-state index is 13.3. The predicted octanol–water partition coefficient (Wildman–Crippen LogP) is 3.27. The van der Waals surface area contributed by atoms with Gasteiger partial charge in [0.25, 0.3) is 5.91 Å². The Balaban J connectivity index is 2.15. The van der Waals surface area contributed by atoms with E-state index in [4.69, 9.17) is 4.74 Å². The third-order valence-corrected chi connectivity index (χ3v) is 5.85. The van der Waals surface area contributed by atoms with E-state index in [0.717, 1.165) is 9.97 Å². The highest BCUT2D eigenvalue weighted by Crippen LogP contribution is 2.44. The number of carbonyl (C=O) groups is 1. The molecule has 1 amide bonds. The Hall–Kier alpha value is -2.26. The standard InChI is InChI=1S/C17H17FN2O4S2/c1-17(2)16(21)19(12-6-4-11(18)5-7-12)14-9-8-13(10-15(14)24-17)20(25)26(3,22)23/h4-10,25H,1-3H3. The minimum absolute atomic E-state index is 0.277. The summed E-state index contributed by atoms with van der Waals surface area (Å²) in [6, 6.07) is 10.1. The quantitative estimate of drug-likeness (QED) is 0.809. The Kier molecular flexibility index (Phi) is 4.40. The minimum Gasteiger partial charge on any atom is -0.476 e. The molecule has 0 fully saturated rings. The van der Waals surface area contributed by atoms with Crippen LogP contribution in [0.5, 0.6) is 5.75 Å². The molecule has 0 spiro atoms. The smallest absolute Gasteiger partial charge is 0.275 e. The Labute approximate surface area is 156 Å². The van der Waals surface area contributed by atoms with Crippen LogP contribution in [0.15, 0.2) is 42.5 Å². The average molecular weight is 396 g/mol. The molecular weight excluding hydrogens is 379 g/mol. The van der Waals surface area contributed by atoms with Gasteiger partial charge < -0.3 is 4.74 Å². The van der Waals surface area contributed by atoms with Crippen molar-refractivity contribution in [3.8, 4) is 5.75 Å². The molecule has 0 aliphatic carbocycles. The van der Waals surface area contributed by atoms with Crippen LogP contribution >= 0.6 is 12.8 Å². The summed E-state index contributed by atoms with van der Waals surface area (Å²) in [6.45, 7) is 3.22. The number of fused-ring (bicyclic) bond motifs is 1. The number of halogens is 1. The Morgan fingerprint density at radius 1 is 1.15 bits per heavy atom. The van der Waals surface area contributed by atoms with E-state index in [2.05, 4.69) is 12.8 Å². The molecule has 9 heteroatoms. The van der Waals surface area contributed by atoms with Gasteiger partial charge in [-0.15, -0.1) is 0 Å². The first-order valence-corrected chi connectivity index (χ1v) is 9.88. The van der Waals surface area contributed by atoms with Crippen molar-refractivity contribution in [1.29, 1.82) is 0 Å². The third kappa shape index (κ3) is 3.24. The molecule has 2 aromatic rings. The lowest BCUT2D eigenvalue weighted by atomic mass is 10.0. The summed E-state index contributed by atoms with van der Waals surface area (Å²) in [6.07, 6.45) is 1.03. The lowest BCUT2D eigenvalue weighted by molar-refractivity contribution is -0.131. The zero-order valence-electron chi connectivity index (χ0n) is 14.3. The molecule has 1 aliphatic rings. The molecule has 0 saturated heterocycles. The summed E-state index contributed by atoms with van der Waals surface area (Å²) in [4.78, 5) is 14.3. The van der Waals surface area contributed by atoms with E-state index < -0.39 is 21.4 Å². The van der Waals surface area contributed by atoms with Crippen molar-refractivity contribution in [2.24, 2.45) is 0 Å². The second kappa shape index (κ2) is 6.17. The van der Waals surface area contributed by atoms with Gasteiger partial charge in [-0.1, -0.05) is 12.8 Å². The number of amides is 1. The third-order valence-electron chi connectivity index (χ3n) is 3.89. The molecular formula is C17H17FN2O4S2. The van der Waals surface area contributed by atoms with Gasteiger partial charge in [0.2, 0.25) is 10.0 Å². The monoisotopic (exact) mass is 396 g/mol. The first-order valence-electron chi connectivity index (χ1n) is 7.63. The number of ether oxygens (including phenoxy) is 1. The highest BCUT2D eigenvalue weighted by atomic mass is 32.3. The van der Waals surface area contributed by atoms with Crippen LogP contribution in [0.4, 0.5) is 21.5 Å². The first kappa shape index (κ1) is 18.5. The summed E-state index contributed by atoms with van der Waals surface area (Å²) >= 11 is 4.00. The summed E-state index contributed by atoms with van der Waals surface area (Å²) in [5.41, 5.74) is -0.00156. The van der Waals surface area contributed by atoms with Gasteiger partial charge in [0.15, 0.2) is 5.60 Å². The fourth-order valence-corrected chi connectivity index (χ4v) is 3.24. The second-order valence-corrected chi connectivity index (χ2v) is 8.89. The Morgan fingerprint density at radius 3 is 2.35 bits per heavy atom. The molecule has 26 heavy (non-hydrogen) atoms. The van der Waals surface area contributed by atoms with Crippen molar-refractivity contribution >= 4 is 45.8 Å². The molecule has 0 N–H and O–H groups in total. The van der Waals surface area contributed by atoms with Crippen molar-refractivity contribution in [3.63, 3.8) is 0 Å². The van der Waals surface area contributed by atoms with E-state index in [0.29, 0.717) is 17.1 Å². The predicted molar refractivity (Wildman–Crippen MR) is 101 cm³/mol. The van der Waals surface area contributed by atoms with Gasteiger partial charge >= 0.3 is 0 Å². The highest BCUT2D eigenvalue weighted by molar-refractivity contribution is 8.05. The van der Waals surface area contributed by atoms with Gasteiger partial charge in [-0.2, -0.15) is 0 Å². The number of thiol groups is 1. The summed E-state index contributed by atoms with van der Waals surface area (Å²) in [7, 11) is -3.57. The SMILES string of the molecule is CC1(C)Oc2cc(N(S)S(C)(=O)=O)ccc2N(c2ccc(F)cc2)C1=O. The molecule has 0 aromatic heterocycles. The molecule has 3 rings (SSSR count). The fraction of sp³-hybridized carbons (Fsp3) is 0.235. The average Bonchev–Trinajstić information content (AvgIpc) is 2.55. The zero-order chi connectivity index (χ0) is 19.3. The normalized spacial score (nSPS) is 16.0. The number of carbonyl (C=O) groups excluding carboxylic acids is 1. The summed E-state index contributed by atoms with van der Waals surface area (Å²) < 4.78 is 43.3. The molecule has 138 valence electrons. The molecule has 0 atom stereocenters. The highest BCUT2D eigenvalue weighted by Gasteiger charge is 2.42. The zero-order valence-corrected chi connectivity index (χ0v) is 16.0. The Bertz CT molecular complexity index is 975. The summed E-state index contributed by atoms with van der Waals surface area (Å²) in [5.74, 6) is -0.419. The molecule has 0 bridgehead atoms. The van der Waals surface area contributed by atoms with Crippen molar-refractivity contribution in [2.75, 3.05) is 14.9 Å². The molecule has 6 nitrogen and oxygen atoms in total. The number of nitrogens with zero attached hydrogens (tertiary/aromatic N) is 2. The Morgan fingerprint density at radius 2 is 1.77 bits per heavy atom. The minimum atomic E-state index is -3.57. The van der Waals surface area contributed by atoms with Crippen molar-refractivity contribution in [1.82, 2.24) is 0 Å². The number of hydrogen-bond donors (Lipinski definition) is 1. The molecule has 0 saturated carbocycles. The largest absolute Gasteiger partial charge is 0.476 e. The van der Waals surface area contributed by atoms with E-state index in [1.54, 1.807) is 19.9 Å². The van der Waals surface area contributed by atoms with Gasteiger partial charge in [-0.3, -0.25) is 9.69 Å². The maximum Gasteiger partial charge on any atom is 0.275 e. The molecule has 2 aromatic carbocycles. The molecule has 1 heterocycles. The maximum atomic E-state index is 13.3. The van der Waals surface area contributed by atoms with Gasteiger partial charge in [-0.05, 0) is 50.2 Å². The molecule has 0 unspecified atom stereocenters. The van der Waals surface area contributed by atoms with E-state index in [1.165, 1.54) is 41.3 Å².